The van der Waals surface area contributed by atoms with E-state index in [2.05, 4.69) is 27.6 Å². The number of amides is 2. The van der Waals surface area contributed by atoms with E-state index in [0.717, 1.165) is 12.8 Å². The minimum absolute atomic E-state index is 0.0142. The molecule has 0 radical (unpaired) electrons. The second-order valence-corrected chi connectivity index (χ2v) is 6.58. The number of rotatable bonds is 7. The fraction of sp³-hybridized carbons (Fsp3) is 0.474. The third-order valence-corrected chi connectivity index (χ3v) is 4.42. The molecule has 1 saturated heterocycles. The average Bonchev–Trinajstić information content (AvgIpc) is 3.16. The number of nitrogens with one attached hydrogen (secondary N) is 1. The molecule has 1 aromatic heterocycles. The van der Waals surface area contributed by atoms with E-state index in [1.165, 1.54) is 5.56 Å². The van der Waals surface area contributed by atoms with Crippen LogP contribution in [0.2, 0.25) is 0 Å². The van der Waals surface area contributed by atoms with Gasteiger partial charge in [0.1, 0.15) is 0 Å². The molecule has 0 bridgehead atoms. The normalized spacial score (nSPS) is 15.4. The van der Waals surface area contributed by atoms with E-state index in [1.807, 2.05) is 25.1 Å². The molecule has 1 atom stereocenters. The number of hydrogen-bond donors (Lipinski definition) is 1. The lowest BCUT2D eigenvalue weighted by atomic mass is 10.1. The average molecular weight is 372 g/mol. The van der Waals surface area contributed by atoms with Crippen LogP contribution in [0.15, 0.2) is 34.9 Å². The molecule has 1 unspecified atom stereocenters. The van der Waals surface area contributed by atoms with Gasteiger partial charge in [0.15, 0.2) is 5.82 Å². The molecule has 2 heterocycles. The zero-order valence-electron chi connectivity index (χ0n) is 15.4. The van der Waals surface area contributed by atoms with Crippen molar-refractivity contribution in [1.82, 2.24) is 20.4 Å². The van der Waals surface area contributed by atoms with Crippen LogP contribution < -0.4 is 5.32 Å². The molecule has 1 fully saturated rings. The largest absolute Gasteiger partial charge is 0.378 e. The van der Waals surface area contributed by atoms with Crippen molar-refractivity contribution in [3.05, 3.63) is 47.6 Å². The molecule has 0 saturated carbocycles. The third kappa shape index (κ3) is 5.62. The second-order valence-electron chi connectivity index (χ2n) is 6.58. The molecule has 3 rings (SSSR count). The Morgan fingerprint density at radius 2 is 1.96 bits per heavy atom. The van der Waals surface area contributed by atoms with Crippen molar-refractivity contribution < 1.29 is 18.8 Å². The first-order valence-corrected chi connectivity index (χ1v) is 9.14. The lowest BCUT2D eigenvalue weighted by molar-refractivity contribution is -0.134. The van der Waals surface area contributed by atoms with Gasteiger partial charge in [0.2, 0.25) is 5.91 Å². The van der Waals surface area contributed by atoms with Gasteiger partial charge in [0, 0.05) is 19.1 Å². The van der Waals surface area contributed by atoms with Gasteiger partial charge in [-0.05, 0) is 25.3 Å². The zero-order chi connectivity index (χ0) is 19.1. The molecule has 144 valence electrons. The van der Waals surface area contributed by atoms with Crippen LogP contribution in [0.25, 0.3) is 0 Å². The maximum atomic E-state index is 12.2. The highest BCUT2D eigenvalue weighted by Gasteiger charge is 2.22. The van der Waals surface area contributed by atoms with Crippen LogP contribution >= 0.6 is 0 Å². The van der Waals surface area contributed by atoms with Gasteiger partial charge >= 0.3 is 11.8 Å². The summed E-state index contributed by atoms with van der Waals surface area (Å²) in [6.45, 7) is 4.12. The Bertz CT molecular complexity index is 756. The molecule has 8 nitrogen and oxygen atoms in total. The van der Waals surface area contributed by atoms with Crippen molar-refractivity contribution in [1.29, 1.82) is 0 Å². The summed E-state index contributed by atoms with van der Waals surface area (Å²) in [4.78, 5) is 30.2. The van der Waals surface area contributed by atoms with Gasteiger partial charge in [-0.2, -0.15) is 4.98 Å². The molecule has 2 amide bonds. The minimum Gasteiger partial charge on any atom is -0.378 e. The Hall–Kier alpha value is -2.74. The van der Waals surface area contributed by atoms with Crippen molar-refractivity contribution in [3.8, 4) is 0 Å². The standard InChI is InChI=1S/C19H24N4O4/c1-14(7-8-15-5-3-2-4-6-15)20-18(25)19-21-16(22-27-19)13-17(24)23-9-11-26-12-10-23/h2-6,14H,7-13H2,1H3,(H,20,25). The molecule has 1 aliphatic heterocycles. The van der Waals surface area contributed by atoms with Gasteiger partial charge in [-0.3, -0.25) is 9.59 Å². The first kappa shape index (κ1) is 19.0. The monoisotopic (exact) mass is 372 g/mol. The maximum absolute atomic E-state index is 12.2. The minimum atomic E-state index is -0.423. The molecule has 1 aliphatic rings. The zero-order valence-corrected chi connectivity index (χ0v) is 15.4. The smallest absolute Gasteiger partial charge is 0.315 e. The molecular weight excluding hydrogens is 348 g/mol. The van der Waals surface area contributed by atoms with Gasteiger partial charge in [-0.25, -0.2) is 0 Å². The Labute approximate surface area is 157 Å². The van der Waals surface area contributed by atoms with Crippen molar-refractivity contribution in [2.75, 3.05) is 26.3 Å². The lowest BCUT2D eigenvalue weighted by Gasteiger charge is -2.26. The second kappa shape index (κ2) is 9.27. The van der Waals surface area contributed by atoms with E-state index in [9.17, 15) is 9.59 Å². The van der Waals surface area contributed by atoms with E-state index in [-0.39, 0.29) is 30.1 Å². The van der Waals surface area contributed by atoms with Gasteiger partial charge in [-0.15, -0.1) is 0 Å². The topological polar surface area (TPSA) is 97.6 Å². The first-order valence-electron chi connectivity index (χ1n) is 9.14. The molecule has 1 aromatic carbocycles. The Kier molecular flexibility index (Phi) is 6.54. The van der Waals surface area contributed by atoms with Crippen LogP contribution in [0.5, 0.6) is 0 Å². The number of ether oxygens (including phenoxy) is 1. The number of carbonyl (C=O) groups excluding carboxylic acids is 2. The number of carbonyl (C=O) groups is 2. The summed E-state index contributed by atoms with van der Waals surface area (Å²) >= 11 is 0. The predicted octanol–water partition coefficient (Wildman–Crippen LogP) is 1.22. The summed E-state index contributed by atoms with van der Waals surface area (Å²) in [5.41, 5.74) is 1.22. The first-order chi connectivity index (χ1) is 13.1. The summed E-state index contributed by atoms with van der Waals surface area (Å²) in [5.74, 6) is -0.421. The van der Waals surface area contributed by atoms with Crippen LogP contribution in [-0.4, -0.2) is 59.2 Å². The van der Waals surface area contributed by atoms with Crippen LogP contribution in [0.1, 0.15) is 35.4 Å². The molecule has 1 N–H and O–H groups in total. The van der Waals surface area contributed by atoms with E-state index < -0.39 is 5.91 Å². The lowest BCUT2D eigenvalue weighted by Crippen LogP contribution is -2.41. The van der Waals surface area contributed by atoms with Crippen molar-refractivity contribution >= 4 is 11.8 Å². The van der Waals surface area contributed by atoms with E-state index in [4.69, 9.17) is 9.26 Å². The van der Waals surface area contributed by atoms with Gasteiger partial charge in [-0.1, -0.05) is 35.5 Å². The van der Waals surface area contributed by atoms with Gasteiger partial charge < -0.3 is 19.5 Å². The molecule has 0 aliphatic carbocycles. The van der Waals surface area contributed by atoms with E-state index >= 15 is 0 Å². The van der Waals surface area contributed by atoms with Crippen LogP contribution in [-0.2, 0) is 22.4 Å². The van der Waals surface area contributed by atoms with Gasteiger partial charge in [0.05, 0.1) is 19.6 Å². The molecule has 2 aromatic rings. The maximum Gasteiger partial charge on any atom is 0.315 e. The number of aromatic nitrogens is 2. The predicted molar refractivity (Wildman–Crippen MR) is 97.1 cm³/mol. The molecule has 8 heteroatoms. The van der Waals surface area contributed by atoms with Crippen molar-refractivity contribution in [3.63, 3.8) is 0 Å². The molecule has 27 heavy (non-hydrogen) atoms. The van der Waals surface area contributed by atoms with E-state index in [1.54, 1.807) is 4.90 Å². The fourth-order valence-corrected chi connectivity index (χ4v) is 2.86. The number of hydrogen-bond acceptors (Lipinski definition) is 6. The number of benzene rings is 1. The van der Waals surface area contributed by atoms with Gasteiger partial charge in [0.25, 0.3) is 0 Å². The Morgan fingerprint density at radius 1 is 1.22 bits per heavy atom. The highest BCUT2D eigenvalue weighted by atomic mass is 16.5. The van der Waals surface area contributed by atoms with Crippen LogP contribution in [0, 0.1) is 0 Å². The summed E-state index contributed by atoms with van der Waals surface area (Å²) < 4.78 is 10.2. The quantitative estimate of drug-likeness (QED) is 0.785. The summed E-state index contributed by atoms with van der Waals surface area (Å²) in [5, 5.41) is 6.60. The summed E-state index contributed by atoms with van der Waals surface area (Å²) in [7, 11) is 0. The SMILES string of the molecule is CC(CCc1ccccc1)NC(=O)c1nc(CC(=O)N2CCOCC2)no1. The Balaban J connectivity index is 1.46. The van der Waals surface area contributed by atoms with Crippen molar-refractivity contribution in [2.24, 2.45) is 0 Å². The molecule has 0 spiro atoms. The number of aryl methyl sites for hydroxylation is 1. The highest BCUT2D eigenvalue weighted by Crippen LogP contribution is 2.07. The number of nitrogens with zero attached hydrogens (tertiary/aromatic N) is 3. The van der Waals surface area contributed by atoms with Crippen molar-refractivity contribution in [2.45, 2.75) is 32.2 Å². The third-order valence-electron chi connectivity index (χ3n) is 4.42. The molecular formula is C19H24N4O4. The van der Waals surface area contributed by atoms with Crippen LogP contribution in [0.4, 0.5) is 0 Å². The summed E-state index contributed by atoms with van der Waals surface area (Å²) in [6.07, 6.45) is 1.68. The Morgan fingerprint density at radius 3 is 2.70 bits per heavy atom. The highest BCUT2D eigenvalue weighted by molar-refractivity contribution is 5.89. The summed E-state index contributed by atoms with van der Waals surface area (Å²) in [6, 6.07) is 10.1. The van der Waals surface area contributed by atoms with E-state index in [0.29, 0.717) is 26.3 Å². The van der Waals surface area contributed by atoms with Crippen LogP contribution in [0.3, 0.4) is 0 Å². The fourth-order valence-electron chi connectivity index (χ4n) is 2.86. The number of morpholine rings is 1.